The summed E-state index contributed by atoms with van der Waals surface area (Å²) < 4.78 is 0. The third kappa shape index (κ3) is 2.94. The van der Waals surface area contributed by atoms with Crippen LogP contribution in [-0.2, 0) is 6.42 Å². The second kappa shape index (κ2) is 6.67. The SMILES string of the molecule is O=C(NCC1CCCN1)c1ccc(-c2n[nH]c3c2Cc2ccccc2-3)cc1. The Kier molecular flexibility index (Phi) is 4.02. The third-order valence-electron chi connectivity index (χ3n) is 5.61. The molecule has 1 unspecified atom stereocenters. The molecule has 3 N–H and O–H groups in total. The molecule has 5 heteroatoms. The predicted octanol–water partition coefficient (Wildman–Crippen LogP) is 3.13. The first-order chi connectivity index (χ1) is 13.3. The van der Waals surface area contributed by atoms with Gasteiger partial charge in [0.25, 0.3) is 5.91 Å². The van der Waals surface area contributed by atoms with Crippen LogP contribution in [0.25, 0.3) is 22.5 Å². The van der Waals surface area contributed by atoms with Crippen LogP contribution in [0.4, 0.5) is 0 Å². The topological polar surface area (TPSA) is 69.8 Å². The minimum Gasteiger partial charge on any atom is -0.350 e. The highest BCUT2D eigenvalue weighted by molar-refractivity contribution is 5.94. The molecular weight excluding hydrogens is 336 g/mol. The maximum absolute atomic E-state index is 12.4. The normalized spacial score (nSPS) is 17.6. The molecule has 1 aromatic heterocycles. The Morgan fingerprint density at radius 1 is 1.15 bits per heavy atom. The fraction of sp³-hybridized carbons (Fsp3) is 0.273. The van der Waals surface area contributed by atoms with Crippen LogP contribution in [0.1, 0.15) is 34.3 Å². The van der Waals surface area contributed by atoms with Crippen molar-refractivity contribution in [3.8, 4) is 22.5 Å². The van der Waals surface area contributed by atoms with Gasteiger partial charge in [-0.25, -0.2) is 0 Å². The van der Waals surface area contributed by atoms with Crippen molar-refractivity contribution in [1.29, 1.82) is 0 Å². The number of carbonyl (C=O) groups is 1. The number of nitrogens with zero attached hydrogens (tertiary/aromatic N) is 1. The monoisotopic (exact) mass is 358 g/mol. The number of H-pyrrole nitrogens is 1. The standard InChI is InChI=1S/C22H22N4O/c27-22(24-13-17-5-3-11-23-17)15-9-7-14(8-10-15)20-19-12-16-4-1-2-6-18(16)21(19)26-25-20/h1-2,4,6-10,17,23H,3,5,11-13H2,(H,24,27)(H,25,26). The minimum absolute atomic E-state index is 0.0186. The van der Waals surface area contributed by atoms with E-state index in [-0.39, 0.29) is 5.91 Å². The Balaban J connectivity index is 1.33. The summed E-state index contributed by atoms with van der Waals surface area (Å²) in [6.07, 6.45) is 3.22. The second-order valence-electron chi connectivity index (χ2n) is 7.34. The molecule has 1 saturated heterocycles. The first-order valence-electron chi connectivity index (χ1n) is 9.57. The fourth-order valence-electron chi connectivity index (χ4n) is 4.14. The number of amides is 1. The van der Waals surface area contributed by atoms with Crippen LogP contribution in [0.2, 0.25) is 0 Å². The molecule has 0 bridgehead atoms. The number of aromatic amines is 1. The Bertz CT molecular complexity index is 984. The van der Waals surface area contributed by atoms with Crippen molar-refractivity contribution in [3.05, 3.63) is 65.2 Å². The molecule has 136 valence electrons. The van der Waals surface area contributed by atoms with Crippen molar-refractivity contribution in [3.63, 3.8) is 0 Å². The Hall–Kier alpha value is -2.92. The maximum Gasteiger partial charge on any atom is 0.251 e. The lowest BCUT2D eigenvalue weighted by molar-refractivity contribution is 0.0950. The van der Waals surface area contributed by atoms with E-state index in [1.807, 2.05) is 24.3 Å². The maximum atomic E-state index is 12.4. The Morgan fingerprint density at radius 3 is 2.81 bits per heavy atom. The van der Waals surface area contributed by atoms with Gasteiger partial charge in [-0.2, -0.15) is 5.10 Å². The number of aromatic nitrogens is 2. The molecule has 5 rings (SSSR count). The van der Waals surface area contributed by atoms with Gasteiger partial charge < -0.3 is 10.6 Å². The molecular formula is C22H22N4O. The fourth-order valence-corrected chi connectivity index (χ4v) is 4.14. The summed E-state index contributed by atoms with van der Waals surface area (Å²) in [5.41, 5.74) is 7.62. The molecule has 0 saturated carbocycles. The van der Waals surface area contributed by atoms with Crippen LogP contribution < -0.4 is 10.6 Å². The highest BCUT2D eigenvalue weighted by Gasteiger charge is 2.24. The Morgan fingerprint density at radius 2 is 2.00 bits per heavy atom. The molecule has 1 aliphatic carbocycles. The molecule has 1 aliphatic heterocycles. The highest BCUT2D eigenvalue weighted by Crippen LogP contribution is 2.39. The molecule has 3 aromatic rings. The summed E-state index contributed by atoms with van der Waals surface area (Å²) in [7, 11) is 0. The van der Waals surface area contributed by atoms with Gasteiger partial charge in [-0.1, -0.05) is 36.4 Å². The number of carbonyl (C=O) groups excluding carboxylic acids is 1. The molecule has 2 aromatic carbocycles. The quantitative estimate of drug-likeness (QED) is 0.525. The average molecular weight is 358 g/mol. The van der Waals surface area contributed by atoms with Crippen LogP contribution in [0.3, 0.4) is 0 Å². The first-order valence-corrected chi connectivity index (χ1v) is 9.57. The molecule has 1 amide bonds. The van der Waals surface area contributed by atoms with Crippen molar-refractivity contribution in [1.82, 2.24) is 20.8 Å². The summed E-state index contributed by atoms with van der Waals surface area (Å²) in [4.78, 5) is 12.4. The summed E-state index contributed by atoms with van der Waals surface area (Å²) in [5, 5.41) is 14.2. The van der Waals surface area contributed by atoms with Crippen LogP contribution in [0.5, 0.6) is 0 Å². The predicted molar refractivity (Wildman–Crippen MR) is 106 cm³/mol. The average Bonchev–Trinajstić information content (AvgIpc) is 3.43. The molecule has 2 aliphatic rings. The second-order valence-corrected chi connectivity index (χ2v) is 7.34. The van der Waals surface area contributed by atoms with Crippen LogP contribution in [-0.4, -0.2) is 35.2 Å². The van der Waals surface area contributed by atoms with E-state index >= 15 is 0 Å². The molecule has 27 heavy (non-hydrogen) atoms. The summed E-state index contributed by atoms with van der Waals surface area (Å²) in [6, 6.07) is 16.6. The van der Waals surface area contributed by atoms with Gasteiger partial charge in [0, 0.05) is 41.3 Å². The molecule has 2 heterocycles. The lowest BCUT2D eigenvalue weighted by Crippen LogP contribution is -2.37. The van der Waals surface area contributed by atoms with Gasteiger partial charge in [0.2, 0.25) is 0 Å². The number of fused-ring (bicyclic) bond motifs is 3. The van der Waals surface area contributed by atoms with Crippen molar-refractivity contribution < 1.29 is 4.79 Å². The minimum atomic E-state index is -0.0186. The molecule has 5 nitrogen and oxygen atoms in total. The number of hydrogen-bond acceptors (Lipinski definition) is 3. The third-order valence-corrected chi connectivity index (χ3v) is 5.61. The van der Waals surface area contributed by atoms with Gasteiger partial charge in [-0.3, -0.25) is 9.89 Å². The van der Waals surface area contributed by atoms with Crippen molar-refractivity contribution in [2.45, 2.75) is 25.3 Å². The number of hydrogen-bond donors (Lipinski definition) is 3. The van der Waals surface area contributed by atoms with E-state index in [4.69, 9.17) is 0 Å². The van der Waals surface area contributed by atoms with E-state index in [9.17, 15) is 4.79 Å². The van der Waals surface area contributed by atoms with E-state index in [2.05, 4.69) is 45.1 Å². The van der Waals surface area contributed by atoms with Crippen LogP contribution in [0, 0.1) is 0 Å². The van der Waals surface area contributed by atoms with E-state index < -0.39 is 0 Å². The molecule has 1 atom stereocenters. The van der Waals surface area contributed by atoms with Crippen LogP contribution >= 0.6 is 0 Å². The molecule has 1 fully saturated rings. The molecule has 0 spiro atoms. The number of nitrogens with one attached hydrogen (secondary N) is 3. The van der Waals surface area contributed by atoms with Gasteiger partial charge in [0.05, 0.1) is 11.4 Å². The van der Waals surface area contributed by atoms with Gasteiger partial charge in [0.15, 0.2) is 0 Å². The highest BCUT2D eigenvalue weighted by atomic mass is 16.1. The van der Waals surface area contributed by atoms with Crippen molar-refractivity contribution in [2.75, 3.05) is 13.1 Å². The van der Waals surface area contributed by atoms with Gasteiger partial charge >= 0.3 is 0 Å². The van der Waals surface area contributed by atoms with Gasteiger partial charge in [-0.15, -0.1) is 0 Å². The largest absolute Gasteiger partial charge is 0.350 e. The van der Waals surface area contributed by atoms with Gasteiger partial charge in [0.1, 0.15) is 0 Å². The van der Waals surface area contributed by atoms with Crippen molar-refractivity contribution >= 4 is 5.91 Å². The Labute approximate surface area is 158 Å². The van der Waals surface area contributed by atoms with E-state index in [1.54, 1.807) is 0 Å². The number of rotatable bonds is 4. The zero-order valence-electron chi connectivity index (χ0n) is 15.1. The summed E-state index contributed by atoms with van der Waals surface area (Å²) in [5.74, 6) is -0.0186. The van der Waals surface area contributed by atoms with Crippen LogP contribution in [0.15, 0.2) is 48.5 Å². The summed E-state index contributed by atoms with van der Waals surface area (Å²) in [6.45, 7) is 1.73. The van der Waals surface area contributed by atoms with Crippen molar-refractivity contribution in [2.24, 2.45) is 0 Å². The summed E-state index contributed by atoms with van der Waals surface area (Å²) >= 11 is 0. The lowest BCUT2D eigenvalue weighted by atomic mass is 10.0. The smallest absolute Gasteiger partial charge is 0.251 e. The van der Waals surface area contributed by atoms with E-state index in [0.717, 1.165) is 36.3 Å². The van der Waals surface area contributed by atoms with Gasteiger partial charge in [-0.05, 0) is 37.1 Å². The zero-order valence-corrected chi connectivity index (χ0v) is 15.1. The first kappa shape index (κ1) is 16.3. The zero-order chi connectivity index (χ0) is 18.2. The van der Waals surface area contributed by atoms with E-state index in [1.165, 1.54) is 23.1 Å². The lowest BCUT2D eigenvalue weighted by Gasteiger charge is -2.11. The number of benzene rings is 2. The molecule has 0 radical (unpaired) electrons. The van der Waals surface area contributed by atoms with E-state index in [0.29, 0.717) is 18.2 Å².